The van der Waals surface area contributed by atoms with Crippen molar-refractivity contribution in [2.75, 3.05) is 13.7 Å². The molecule has 0 saturated carbocycles. The summed E-state index contributed by atoms with van der Waals surface area (Å²) in [5.41, 5.74) is 1.09. The number of amides is 4. The number of nitrogens with zero attached hydrogens (tertiary/aromatic N) is 1. The van der Waals surface area contributed by atoms with Gasteiger partial charge in [0.15, 0.2) is 0 Å². The molecule has 2 heterocycles. The van der Waals surface area contributed by atoms with E-state index in [1.807, 2.05) is 24.3 Å². The molecule has 0 bridgehead atoms. The number of hydrogen-bond donors (Lipinski definition) is 2. The maximum absolute atomic E-state index is 12.4. The fourth-order valence-corrected chi connectivity index (χ4v) is 2.98. The molecule has 1 aromatic carbocycles. The van der Waals surface area contributed by atoms with E-state index < -0.39 is 12.1 Å². The van der Waals surface area contributed by atoms with Crippen molar-refractivity contribution in [3.63, 3.8) is 0 Å². The van der Waals surface area contributed by atoms with Crippen LogP contribution in [0, 0.1) is 0 Å². The van der Waals surface area contributed by atoms with Gasteiger partial charge in [-0.1, -0.05) is 12.1 Å². The number of carbonyl (C=O) groups is 3. The summed E-state index contributed by atoms with van der Waals surface area (Å²) in [6.45, 7) is 0.586. The van der Waals surface area contributed by atoms with Crippen LogP contribution < -0.4 is 15.4 Å². The van der Waals surface area contributed by atoms with Gasteiger partial charge in [0, 0.05) is 13.0 Å². The number of rotatable bonds is 9. The summed E-state index contributed by atoms with van der Waals surface area (Å²) < 4.78 is 10.3. The highest BCUT2D eigenvalue weighted by Crippen LogP contribution is 2.15. The Morgan fingerprint density at radius 3 is 2.71 bits per heavy atom. The second-order valence-electron chi connectivity index (χ2n) is 6.49. The van der Waals surface area contributed by atoms with Crippen molar-refractivity contribution in [2.45, 2.75) is 31.8 Å². The maximum Gasteiger partial charge on any atom is 0.325 e. The molecule has 0 aliphatic carbocycles. The molecule has 1 unspecified atom stereocenters. The molecule has 1 atom stereocenters. The van der Waals surface area contributed by atoms with Gasteiger partial charge in [0.05, 0.1) is 19.9 Å². The van der Waals surface area contributed by atoms with Crippen LogP contribution in [0.3, 0.4) is 0 Å². The predicted octanol–water partition coefficient (Wildman–Crippen LogP) is 1.85. The van der Waals surface area contributed by atoms with Gasteiger partial charge >= 0.3 is 6.03 Å². The lowest BCUT2D eigenvalue weighted by atomic mass is 10.1. The number of nitrogens with one attached hydrogen (secondary N) is 2. The predicted molar refractivity (Wildman–Crippen MR) is 101 cm³/mol. The van der Waals surface area contributed by atoms with Crippen molar-refractivity contribution in [2.24, 2.45) is 0 Å². The van der Waals surface area contributed by atoms with E-state index in [1.54, 1.807) is 19.2 Å². The highest BCUT2D eigenvalue weighted by molar-refractivity contribution is 6.04. The summed E-state index contributed by atoms with van der Waals surface area (Å²) in [7, 11) is 1.61. The molecule has 1 aliphatic heterocycles. The number of ether oxygens (including phenoxy) is 1. The molecule has 148 valence electrons. The first-order chi connectivity index (χ1) is 13.6. The molecule has 8 nitrogen and oxygen atoms in total. The Morgan fingerprint density at radius 1 is 1.25 bits per heavy atom. The molecule has 2 N–H and O–H groups in total. The van der Waals surface area contributed by atoms with E-state index in [0.29, 0.717) is 18.7 Å². The Balaban J connectivity index is 1.39. The number of furan rings is 1. The standard InChI is InChI=1S/C20H23N3O5/c1-27-15-6-4-14(5-7-15)10-11-21-18(24)9-8-17-19(25)23(20(26)22-17)13-16-3-2-12-28-16/h2-7,12,17H,8-11,13H2,1H3,(H,21,24)(H,22,26). The zero-order valence-electron chi connectivity index (χ0n) is 15.6. The van der Waals surface area contributed by atoms with Crippen LogP contribution in [0.4, 0.5) is 4.79 Å². The summed E-state index contributed by atoms with van der Waals surface area (Å²) in [5, 5.41) is 5.45. The molecule has 4 amide bonds. The Hall–Kier alpha value is -3.29. The third-order valence-electron chi connectivity index (χ3n) is 4.56. The van der Waals surface area contributed by atoms with Crippen LogP contribution in [0.5, 0.6) is 5.75 Å². The number of benzene rings is 1. The van der Waals surface area contributed by atoms with E-state index in [2.05, 4.69) is 10.6 Å². The van der Waals surface area contributed by atoms with E-state index in [1.165, 1.54) is 6.26 Å². The summed E-state index contributed by atoms with van der Waals surface area (Å²) in [6, 6.07) is 9.89. The van der Waals surface area contributed by atoms with E-state index in [-0.39, 0.29) is 31.2 Å². The number of carbonyl (C=O) groups excluding carboxylic acids is 3. The zero-order chi connectivity index (χ0) is 19.9. The minimum atomic E-state index is -0.685. The Kier molecular flexibility index (Phi) is 6.31. The lowest BCUT2D eigenvalue weighted by Crippen LogP contribution is -2.33. The van der Waals surface area contributed by atoms with Crippen molar-refractivity contribution in [1.29, 1.82) is 0 Å². The second kappa shape index (κ2) is 9.07. The van der Waals surface area contributed by atoms with Crippen LogP contribution in [0.15, 0.2) is 47.1 Å². The largest absolute Gasteiger partial charge is 0.497 e. The van der Waals surface area contributed by atoms with Gasteiger partial charge in [0.1, 0.15) is 17.6 Å². The van der Waals surface area contributed by atoms with E-state index in [4.69, 9.17) is 9.15 Å². The average Bonchev–Trinajstić information content (AvgIpc) is 3.31. The number of imide groups is 1. The normalized spacial score (nSPS) is 16.2. The number of methoxy groups -OCH3 is 1. The Bertz CT molecular complexity index is 817. The van der Waals surface area contributed by atoms with Gasteiger partial charge < -0.3 is 19.8 Å². The van der Waals surface area contributed by atoms with Gasteiger partial charge in [-0.3, -0.25) is 14.5 Å². The number of hydrogen-bond acceptors (Lipinski definition) is 5. The molecule has 1 fully saturated rings. The van der Waals surface area contributed by atoms with Crippen LogP contribution >= 0.6 is 0 Å². The van der Waals surface area contributed by atoms with Gasteiger partial charge in [0.2, 0.25) is 5.91 Å². The first-order valence-electron chi connectivity index (χ1n) is 9.10. The van der Waals surface area contributed by atoms with Gasteiger partial charge in [0.25, 0.3) is 5.91 Å². The van der Waals surface area contributed by atoms with Gasteiger partial charge in [-0.05, 0) is 42.7 Å². The number of urea groups is 1. The molecule has 8 heteroatoms. The molecule has 1 saturated heterocycles. The quantitative estimate of drug-likeness (QED) is 0.642. The van der Waals surface area contributed by atoms with E-state index in [0.717, 1.165) is 16.2 Å². The van der Waals surface area contributed by atoms with Crippen LogP contribution in [-0.2, 0) is 22.6 Å². The van der Waals surface area contributed by atoms with Gasteiger partial charge in [-0.15, -0.1) is 0 Å². The smallest absolute Gasteiger partial charge is 0.325 e. The minimum Gasteiger partial charge on any atom is -0.497 e. The molecule has 0 radical (unpaired) electrons. The van der Waals surface area contributed by atoms with Crippen LogP contribution in [0.25, 0.3) is 0 Å². The van der Waals surface area contributed by atoms with Crippen molar-refractivity contribution < 1.29 is 23.5 Å². The fourth-order valence-electron chi connectivity index (χ4n) is 2.98. The molecule has 3 rings (SSSR count). The molecular formula is C20H23N3O5. The summed E-state index contributed by atoms with van der Waals surface area (Å²) in [6.07, 6.45) is 2.61. The van der Waals surface area contributed by atoms with Crippen molar-refractivity contribution in [1.82, 2.24) is 15.5 Å². The van der Waals surface area contributed by atoms with Crippen molar-refractivity contribution >= 4 is 17.8 Å². The monoisotopic (exact) mass is 385 g/mol. The topological polar surface area (TPSA) is 101 Å². The summed E-state index contributed by atoms with van der Waals surface area (Å²) in [4.78, 5) is 37.5. The van der Waals surface area contributed by atoms with Crippen molar-refractivity contribution in [3.05, 3.63) is 54.0 Å². The first kappa shape index (κ1) is 19.5. The second-order valence-corrected chi connectivity index (χ2v) is 6.49. The van der Waals surface area contributed by atoms with E-state index in [9.17, 15) is 14.4 Å². The van der Waals surface area contributed by atoms with Gasteiger partial charge in [-0.25, -0.2) is 4.79 Å². The highest BCUT2D eigenvalue weighted by atomic mass is 16.5. The zero-order valence-corrected chi connectivity index (χ0v) is 15.6. The Morgan fingerprint density at radius 2 is 2.04 bits per heavy atom. The molecule has 0 spiro atoms. The van der Waals surface area contributed by atoms with Crippen LogP contribution in [0.1, 0.15) is 24.2 Å². The third kappa shape index (κ3) is 4.91. The lowest BCUT2D eigenvalue weighted by molar-refractivity contribution is -0.128. The lowest BCUT2D eigenvalue weighted by Gasteiger charge is -2.11. The van der Waals surface area contributed by atoms with Gasteiger partial charge in [-0.2, -0.15) is 0 Å². The molecule has 28 heavy (non-hydrogen) atoms. The van der Waals surface area contributed by atoms with Crippen molar-refractivity contribution in [3.8, 4) is 5.75 Å². The third-order valence-corrected chi connectivity index (χ3v) is 4.56. The fraction of sp³-hybridized carbons (Fsp3) is 0.350. The SMILES string of the molecule is COc1ccc(CCNC(=O)CCC2NC(=O)N(Cc3ccco3)C2=O)cc1. The molecule has 1 aliphatic rings. The molecule has 2 aromatic rings. The average molecular weight is 385 g/mol. The van der Waals surface area contributed by atoms with Crippen LogP contribution in [-0.4, -0.2) is 42.4 Å². The minimum absolute atomic E-state index is 0.0855. The van der Waals surface area contributed by atoms with Crippen LogP contribution in [0.2, 0.25) is 0 Å². The Labute approximate surface area is 162 Å². The first-order valence-corrected chi connectivity index (χ1v) is 9.10. The molecular weight excluding hydrogens is 362 g/mol. The maximum atomic E-state index is 12.4. The summed E-state index contributed by atoms with van der Waals surface area (Å²) in [5.74, 6) is 0.824. The molecule has 1 aromatic heterocycles. The van der Waals surface area contributed by atoms with E-state index >= 15 is 0 Å². The highest BCUT2D eigenvalue weighted by Gasteiger charge is 2.38. The summed E-state index contributed by atoms with van der Waals surface area (Å²) >= 11 is 0.